The van der Waals surface area contributed by atoms with Gasteiger partial charge in [0.05, 0.1) is 12.6 Å². The van der Waals surface area contributed by atoms with Crippen LogP contribution in [0.15, 0.2) is 4.42 Å². The molecule has 3 atom stereocenters. The van der Waals surface area contributed by atoms with E-state index in [0.29, 0.717) is 42.3 Å². The maximum absolute atomic E-state index is 12.4. The summed E-state index contributed by atoms with van der Waals surface area (Å²) in [5.41, 5.74) is 0. The number of nitrogens with zero attached hydrogens (tertiary/aromatic N) is 4. The molecule has 0 aliphatic carbocycles. The Morgan fingerprint density at radius 1 is 1.38 bits per heavy atom. The predicted molar refractivity (Wildman–Crippen MR) is 84.0 cm³/mol. The number of hydrogen-bond donors (Lipinski definition) is 2. The molecule has 1 aromatic rings. The number of carbonyl (C=O) groups is 1. The summed E-state index contributed by atoms with van der Waals surface area (Å²) in [6.07, 6.45) is 2.01. The van der Waals surface area contributed by atoms with Gasteiger partial charge in [0.1, 0.15) is 6.04 Å². The lowest BCUT2D eigenvalue weighted by atomic mass is 10.0. The zero-order chi connectivity index (χ0) is 18.3. The van der Waals surface area contributed by atoms with Crippen molar-refractivity contribution >= 4 is 16.4 Å². The molecule has 3 fully saturated rings. The highest BCUT2D eigenvalue weighted by molar-refractivity contribution is 7.80. The van der Waals surface area contributed by atoms with Crippen molar-refractivity contribution in [2.75, 3.05) is 19.6 Å². The van der Waals surface area contributed by atoms with Gasteiger partial charge in [0, 0.05) is 19.1 Å². The number of amides is 2. The van der Waals surface area contributed by atoms with E-state index in [4.69, 9.17) is 4.42 Å². The minimum Gasteiger partial charge on any atom is -0.724 e. The van der Waals surface area contributed by atoms with Crippen LogP contribution in [0.25, 0.3) is 0 Å². The van der Waals surface area contributed by atoms with Crippen LogP contribution in [-0.4, -0.2) is 70.9 Å². The first-order chi connectivity index (χ1) is 12.4. The fourth-order valence-electron chi connectivity index (χ4n) is 3.62. The van der Waals surface area contributed by atoms with E-state index in [0.717, 1.165) is 19.5 Å². The standard InChI is InChI=1S/C13H20N6O6S/c20-13-18-7-9(19(13)25-26(21,22)23)1-2-10(18)12-17-16-11(24-12)6-15-8-3-4-14-5-8/h8-10,14-15H,1-7H2,(H,21,22,23)/t8-,9-,10+/m1/s1. The third kappa shape index (κ3) is 3.53. The summed E-state index contributed by atoms with van der Waals surface area (Å²) in [6.45, 7) is 2.55. The molecule has 3 aliphatic heterocycles. The van der Waals surface area contributed by atoms with E-state index in [1.165, 1.54) is 4.90 Å². The summed E-state index contributed by atoms with van der Waals surface area (Å²) >= 11 is 0. The molecule has 3 saturated heterocycles. The Kier molecular flexibility index (Phi) is 4.56. The molecule has 0 aromatic carbocycles. The van der Waals surface area contributed by atoms with E-state index >= 15 is 0 Å². The number of piperidine rings is 1. The first kappa shape index (κ1) is 17.6. The third-order valence-corrected chi connectivity index (χ3v) is 5.21. The van der Waals surface area contributed by atoms with Crippen LogP contribution in [0.4, 0.5) is 4.79 Å². The molecule has 0 radical (unpaired) electrons. The Hall–Kier alpha value is -1.80. The Morgan fingerprint density at radius 2 is 2.23 bits per heavy atom. The minimum absolute atomic E-state index is 0. The number of fused-ring (bicyclic) bond motifs is 2. The Labute approximate surface area is 151 Å². The second-order valence-electron chi connectivity index (χ2n) is 6.60. The van der Waals surface area contributed by atoms with E-state index < -0.39 is 28.5 Å². The molecule has 4 rings (SSSR count). The first-order valence-corrected chi connectivity index (χ1v) is 9.75. The molecular weight excluding hydrogens is 368 g/mol. The van der Waals surface area contributed by atoms with Crippen molar-refractivity contribution in [3.63, 3.8) is 0 Å². The van der Waals surface area contributed by atoms with Crippen molar-refractivity contribution in [2.24, 2.45) is 0 Å². The van der Waals surface area contributed by atoms with Crippen molar-refractivity contribution in [3.05, 3.63) is 11.8 Å². The van der Waals surface area contributed by atoms with Crippen molar-refractivity contribution in [1.82, 2.24) is 30.8 Å². The lowest BCUT2D eigenvalue weighted by molar-refractivity contribution is -0.0328. The Balaban J connectivity index is 0.00000210. The summed E-state index contributed by atoms with van der Waals surface area (Å²) < 4.78 is 42.4. The van der Waals surface area contributed by atoms with Crippen LogP contribution in [0.3, 0.4) is 0 Å². The van der Waals surface area contributed by atoms with Crippen molar-refractivity contribution < 1.29 is 27.9 Å². The molecule has 2 bridgehead atoms. The highest BCUT2D eigenvalue weighted by Crippen LogP contribution is 2.38. The molecule has 12 nitrogen and oxygen atoms in total. The number of hydrogen-bond acceptors (Lipinski definition) is 10. The number of nitrogens with one attached hydrogen (secondary N) is 2. The maximum atomic E-state index is 12.4. The highest BCUT2D eigenvalue weighted by atomic mass is 32.3. The molecule has 4 heterocycles. The summed E-state index contributed by atoms with van der Waals surface area (Å²) in [5, 5.41) is 15.2. The van der Waals surface area contributed by atoms with Crippen LogP contribution in [0.5, 0.6) is 0 Å². The summed E-state index contributed by atoms with van der Waals surface area (Å²) in [6, 6.07) is -1.27. The normalized spacial score (nSPS) is 29.0. The second-order valence-corrected chi connectivity index (χ2v) is 7.56. The van der Waals surface area contributed by atoms with E-state index in [1.807, 2.05) is 0 Å². The monoisotopic (exact) mass is 388 g/mol. The lowest BCUT2D eigenvalue weighted by Crippen LogP contribution is -2.35. The summed E-state index contributed by atoms with van der Waals surface area (Å²) in [5.74, 6) is 0.723. The van der Waals surface area contributed by atoms with Gasteiger partial charge in [0.15, 0.2) is 0 Å². The van der Waals surface area contributed by atoms with Crippen LogP contribution < -0.4 is 10.6 Å². The summed E-state index contributed by atoms with van der Waals surface area (Å²) in [4.78, 5) is 13.8. The molecular formula is C13H20N6O6S. The molecule has 26 heavy (non-hydrogen) atoms. The van der Waals surface area contributed by atoms with Gasteiger partial charge in [-0.05, 0) is 25.8 Å². The molecule has 0 unspecified atom stereocenters. The van der Waals surface area contributed by atoms with Gasteiger partial charge in [-0.3, -0.25) is 0 Å². The average molecular weight is 388 g/mol. The van der Waals surface area contributed by atoms with Gasteiger partial charge in [-0.1, -0.05) is 0 Å². The number of rotatable bonds is 6. The summed E-state index contributed by atoms with van der Waals surface area (Å²) in [7, 11) is -5.01. The van der Waals surface area contributed by atoms with Gasteiger partial charge >= 0.3 is 7.46 Å². The van der Waals surface area contributed by atoms with Crippen molar-refractivity contribution in [1.29, 1.82) is 0 Å². The van der Waals surface area contributed by atoms with E-state index in [-0.39, 0.29) is 7.97 Å². The number of hydroxylamine groups is 2. The van der Waals surface area contributed by atoms with Gasteiger partial charge in [-0.2, -0.15) is 9.35 Å². The molecule has 144 valence electrons. The zero-order valence-electron chi connectivity index (χ0n) is 14.8. The van der Waals surface area contributed by atoms with Crippen molar-refractivity contribution in [3.8, 4) is 0 Å². The largest absolute Gasteiger partial charge is 1.00 e. The molecule has 3 aliphatic rings. The quantitative estimate of drug-likeness (QED) is 0.456. The van der Waals surface area contributed by atoms with Gasteiger partial charge in [0.25, 0.3) is 0 Å². The number of urea groups is 1. The molecule has 13 heteroatoms. The minimum atomic E-state index is -5.01. The second kappa shape index (κ2) is 6.74. The lowest BCUT2D eigenvalue weighted by Gasteiger charge is -2.27. The number of aromatic nitrogens is 2. The SMILES string of the molecule is O=C1N2C[C@@H](CC[C@H]2c2nnc(CN[C@@H]3CCNC3)o2)N1OS(=O)(=O)[O-].[H+]. The topological polar surface area (TPSA) is 153 Å². The van der Waals surface area contributed by atoms with Crippen LogP contribution in [0.1, 0.15) is 38.5 Å². The van der Waals surface area contributed by atoms with Gasteiger partial charge < -0.3 is 24.5 Å². The average Bonchev–Trinajstić information content (AvgIpc) is 3.31. The van der Waals surface area contributed by atoms with Crippen LogP contribution in [0.2, 0.25) is 0 Å². The molecule has 2 N–H and O–H groups in total. The fraction of sp³-hybridized carbons (Fsp3) is 0.769. The molecule has 1 aromatic heterocycles. The maximum Gasteiger partial charge on any atom is 1.00 e. The third-order valence-electron chi connectivity index (χ3n) is 4.86. The Morgan fingerprint density at radius 3 is 2.96 bits per heavy atom. The molecule has 2 amide bonds. The van der Waals surface area contributed by atoms with E-state index in [9.17, 15) is 17.8 Å². The van der Waals surface area contributed by atoms with Crippen LogP contribution in [-0.2, 0) is 21.2 Å². The first-order valence-electron chi connectivity index (χ1n) is 8.42. The van der Waals surface area contributed by atoms with Crippen molar-refractivity contribution in [2.45, 2.75) is 43.9 Å². The Bertz CT molecular complexity index is 784. The molecule has 0 spiro atoms. The molecule has 0 saturated carbocycles. The van der Waals surface area contributed by atoms with Gasteiger partial charge in [-0.15, -0.1) is 10.2 Å². The van der Waals surface area contributed by atoms with Gasteiger partial charge in [-0.25, -0.2) is 13.2 Å². The van der Waals surface area contributed by atoms with E-state index in [2.05, 4.69) is 25.1 Å². The van der Waals surface area contributed by atoms with E-state index in [1.54, 1.807) is 0 Å². The zero-order valence-corrected chi connectivity index (χ0v) is 14.6. The highest BCUT2D eigenvalue weighted by Gasteiger charge is 2.48. The fourth-order valence-corrected chi connectivity index (χ4v) is 4.00. The predicted octanol–water partition coefficient (Wildman–Crippen LogP) is -1.03. The van der Waals surface area contributed by atoms with Gasteiger partial charge in [0.2, 0.25) is 22.2 Å². The van der Waals surface area contributed by atoms with Crippen LogP contribution >= 0.6 is 0 Å². The smallest absolute Gasteiger partial charge is 0.724 e. The van der Waals surface area contributed by atoms with Crippen LogP contribution in [0, 0.1) is 0 Å². The number of carbonyl (C=O) groups excluding carboxylic acids is 1.